The zero-order valence-electron chi connectivity index (χ0n) is 20.5. The second-order valence-electron chi connectivity index (χ2n) is 9.92. The van der Waals surface area contributed by atoms with E-state index in [-0.39, 0.29) is 42.9 Å². The molecule has 8 heteroatoms. The molecule has 0 spiro atoms. The van der Waals surface area contributed by atoms with Crippen LogP contribution in [0.4, 0.5) is 5.69 Å². The normalized spacial score (nSPS) is 26.8. The molecule has 3 aliphatic heterocycles. The van der Waals surface area contributed by atoms with Crippen LogP contribution in [0, 0.1) is 5.92 Å². The fraction of sp³-hybridized carbons (Fsp3) is 0.500. The summed E-state index contributed by atoms with van der Waals surface area (Å²) < 4.78 is 18.0. The Balaban J connectivity index is 1.35. The Morgan fingerprint density at radius 1 is 1.19 bits per heavy atom. The molecule has 3 aliphatic rings. The number of fused-ring (bicyclic) bond motifs is 4. The zero-order chi connectivity index (χ0) is 25.1. The predicted molar refractivity (Wildman–Crippen MR) is 134 cm³/mol. The van der Waals surface area contributed by atoms with Crippen LogP contribution in [0.1, 0.15) is 55.7 Å². The molecule has 3 N–H and O–H groups in total. The van der Waals surface area contributed by atoms with Crippen molar-refractivity contribution in [3.63, 3.8) is 0 Å². The number of hydrogen-bond acceptors (Lipinski definition) is 6. The van der Waals surface area contributed by atoms with Crippen molar-refractivity contribution in [3.05, 3.63) is 59.7 Å². The SMILES string of the molecule is C[C@@H](NC(=O)C[C@@H]1C[C@@H]2c3cc(ccc3OC3CCOCC3)NC(=O)[C@@H]2[C@H](CO)O1)c1ccccc1. The van der Waals surface area contributed by atoms with Gasteiger partial charge in [-0.25, -0.2) is 0 Å². The third kappa shape index (κ3) is 5.40. The molecule has 0 radical (unpaired) electrons. The highest BCUT2D eigenvalue weighted by molar-refractivity contribution is 5.95. The Morgan fingerprint density at radius 3 is 2.72 bits per heavy atom. The molecular formula is C28H34N2O6. The average molecular weight is 495 g/mol. The van der Waals surface area contributed by atoms with Gasteiger partial charge in [0.2, 0.25) is 11.8 Å². The molecular weight excluding hydrogens is 460 g/mol. The molecule has 2 amide bonds. The van der Waals surface area contributed by atoms with Crippen LogP contribution < -0.4 is 15.4 Å². The molecule has 2 aromatic carbocycles. The predicted octanol–water partition coefficient (Wildman–Crippen LogP) is 3.31. The maximum Gasteiger partial charge on any atom is 0.230 e. The van der Waals surface area contributed by atoms with Crippen LogP contribution in [0.15, 0.2) is 48.5 Å². The summed E-state index contributed by atoms with van der Waals surface area (Å²) in [6, 6.07) is 15.4. The van der Waals surface area contributed by atoms with E-state index < -0.39 is 18.1 Å². The van der Waals surface area contributed by atoms with Gasteiger partial charge in [-0.05, 0) is 37.1 Å². The molecule has 36 heavy (non-hydrogen) atoms. The van der Waals surface area contributed by atoms with Gasteiger partial charge in [-0.15, -0.1) is 0 Å². The molecule has 5 atom stereocenters. The van der Waals surface area contributed by atoms with Gasteiger partial charge in [0.25, 0.3) is 0 Å². The number of carbonyl (C=O) groups excluding carboxylic acids is 2. The van der Waals surface area contributed by atoms with Crippen molar-refractivity contribution in [2.24, 2.45) is 5.92 Å². The first-order valence-corrected chi connectivity index (χ1v) is 12.8. The third-order valence-electron chi connectivity index (χ3n) is 7.43. The van der Waals surface area contributed by atoms with Crippen LogP contribution in [0.3, 0.4) is 0 Å². The lowest BCUT2D eigenvalue weighted by Crippen LogP contribution is -2.48. The lowest BCUT2D eigenvalue weighted by atomic mass is 9.76. The Labute approximate surface area is 211 Å². The van der Waals surface area contributed by atoms with Gasteiger partial charge in [0, 0.05) is 30.0 Å². The molecule has 2 saturated heterocycles. The maximum absolute atomic E-state index is 13.2. The number of nitrogens with one attached hydrogen (secondary N) is 2. The molecule has 3 heterocycles. The standard InChI is InChI=1S/C28H34N2O6/c1-17(18-5-3-2-4-6-18)29-26(32)15-21-14-23-22-13-19(30-28(33)27(23)25(16-31)36-21)7-8-24(22)35-20-9-11-34-12-10-20/h2-8,13,17,20-21,23,25,27,31H,9-12,14-16H2,1H3,(H,29,32)(H,30,33)/t17-,21+,23-,25+,27+/m1/s1. The van der Waals surface area contributed by atoms with E-state index in [0.717, 1.165) is 29.7 Å². The number of ether oxygens (including phenoxy) is 3. The molecule has 2 aromatic rings. The number of carbonyl (C=O) groups is 2. The number of hydrogen-bond donors (Lipinski definition) is 3. The van der Waals surface area contributed by atoms with E-state index in [1.165, 1.54) is 0 Å². The highest BCUT2D eigenvalue weighted by Crippen LogP contribution is 2.46. The number of benzene rings is 2. The number of aliphatic hydroxyl groups excluding tert-OH is 1. The topological polar surface area (TPSA) is 106 Å². The average Bonchev–Trinajstić information content (AvgIpc) is 3.00. The van der Waals surface area contributed by atoms with E-state index in [2.05, 4.69) is 10.6 Å². The summed E-state index contributed by atoms with van der Waals surface area (Å²) in [5, 5.41) is 16.2. The molecule has 0 aromatic heterocycles. The number of aliphatic hydroxyl groups is 1. The molecule has 192 valence electrons. The van der Waals surface area contributed by atoms with Crippen molar-refractivity contribution in [2.75, 3.05) is 25.1 Å². The fourth-order valence-electron chi connectivity index (χ4n) is 5.59. The van der Waals surface area contributed by atoms with E-state index >= 15 is 0 Å². The van der Waals surface area contributed by atoms with Gasteiger partial charge in [-0.2, -0.15) is 0 Å². The largest absolute Gasteiger partial charge is 0.490 e. The number of anilines is 1. The first-order chi connectivity index (χ1) is 17.5. The lowest BCUT2D eigenvalue weighted by Gasteiger charge is -2.40. The van der Waals surface area contributed by atoms with Crippen LogP contribution in [-0.4, -0.2) is 55.1 Å². The quantitative estimate of drug-likeness (QED) is 0.545. The summed E-state index contributed by atoms with van der Waals surface area (Å²) in [5.74, 6) is -0.376. The molecule has 0 saturated carbocycles. The van der Waals surface area contributed by atoms with Crippen LogP contribution in [0.5, 0.6) is 5.75 Å². The molecule has 2 fully saturated rings. The second kappa shape index (κ2) is 11.0. The van der Waals surface area contributed by atoms with Crippen LogP contribution in [0.2, 0.25) is 0 Å². The first-order valence-electron chi connectivity index (χ1n) is 12.8. The lowest BCUT2D eigenvalue weighted by molar-refractivity contribution is -0.148. The van der Waals surface area contributed by atoms with E-state index in [9.17, 15) is 14.7 Å². The third-order valence-corrected chi connectivity index (χ3v) is 7.43. The van der Waals surface area contributed by atoms with E-state index in [0.29, 0.717) is 25.3 Å². The Hall–Kier alpha value is -2.94. The van der Waals surface area contributed by atoms with Gasteiger partial charge < -0.3 is 30.0 Å². The van der Waals surface area contributed by atoms with Crippen molar-refractivity contribution in [2.45, 2.75) is 62.9 Å². The highest BCUT2D eigenvalue weighted by Gasteiger charge is 2.46. The van der Waals surface area contributed by atoms with Crippen molar-refractivity contribution >= 4 is 17.5 Å². The van der Waals surface area contributed by atoms with Crippen molar-refractivity contribution in [1.82, 2.24) is 5.32 Å². The maximum atomic E-state index is 13.2. The zero-order valence-corrected chi connectivity index (χ0v) is 20.5. The van der Waals surface area contributed by atoms with Crippen molar-refractivity contribution in [1.29, 1.82) is 0 Å². The minimum atomic E-state index is -0.710. The molecule has 2 bridgehead atoms. The summed E-state index contributed by atoms with van der Waals surface area (Å²) in [4.78, 5) is 26.1. The smallest absolute Gasteiger partial charge is 0.230 e. The molecule has 0 unspecified atom stereocenters. The minimum absolute atomic E-state index is 0.0562. The number of amides is 2. The van der Waals surface area contributed by atoms with Crippen LogP contribution >= 0.6 is 0 Å². The Bertz CT molecular complexity index is 1070. The summed E-state index contributed by atoms with van der Waals surface area (Å²) in [7, 11) is 0. The van der Waals surface area contributed by atoms with Gasteiger partial charge >= 0.3 is 0 Å². The van der Waals surface area contributed by atoms with E-state index in [4.69, 9.17) is 14.2 Å². The van der Waals surface area contributed by atoms with Gasteiger partial charge in [-0.3, -0.25) is 9.59 Å². The summed E-state index contributed by atoms with van der Waals surface area (Å²) in [5.41, 5.74) is 2.65. The van der Waals surface area contributed by atoms with Gasteiger partial charge in [0.05, 0.1) is 50.4 Å². The number of rotatable bonds is 7. The molecule has 5 rings (SSSR count). The summed E-state index contributed by atoms with van der Waals surface area (Å²) >= 11 is 0. The van der Waals surface area contributed by atoms with Crippen LogP contribution in [-0.2, 0) is 19.1 Å². The fourth-order valence-corrected chi connectivity index (χ4v) is 5.59. The minimum Gasteiger partial charge on any atom is -0.490 e. The summed E-state index contributed by atoms with van der Waals surface area (Å²) in [6.07, 6.45) is 1.17. The second-order valence-corrected chi connectivity index (χ2v) is 9.92. The van der Waals surface area contributed by atoms with Gasteiger partial charge in [0.1, 0.15) is 11.9 Å². The summed E-state index contributed by atoms with van der Waals surface area (Å²) in [6.45, 7) is 2.98. The van der Waals surface area contributed by atoms with Gasteiger partial charge in [0.15, 0.2) is 0 Å². The van der Waals surface area contributed by atoms with Crippen LogP contribution in [0.25, 0.3) is 0 Å². The van der Waals surface area contributed by atoms with Crippen molar-refractivity contribution in [3.8, 4) is 5.75 Å². The van der Waals surface area contributed by atoms with E-state index in [1.54, 1.807) is 0 Å². The Kier molecular flexibility index (Phi) is 7.55. The highest BCUT2D eigenvalue weighted by atomic mass is 16.5. The van der Waals surface area contributed by atoms with E-state index in [1.807, 2.05) is 55.5 Å². The molecule has 8 nitrogen and oxygen atoms in total. The monoisotopic (exact) mass is 494 g/mol. The van der Waals surface area contributed by atoms with Gasteiger partial charge in [-0.1, -0.05) is 30.3 Å². The molecule has 0 aliphatic carbocycles. The van der Waals surface area contributed by atoms with Crippen molar-refractivity contribution < 1.29 is 28.9 Å². The Morgan fingerprint density at radius 2 is 1.97 bits per heavy atom. The first kappa shape index (κ1) is 24.7.